The van der Waals surface area contributed by atoms with Gasteiger partial charge in [0.05, 0.1) is 6.10 Å². The van der Waals surface area contributed by atoms with Crippen molar-refractivity contribution >= 4 is 5.97 Å². The van der Waals surface area contributed by atoms with Crippen molar-refractivity contribution in [3.05, 3.63) is 95.6 Å². The molecule has 0 saturated heterocycles. The molecule has 0 aliphatic heterocycles. The SMILES string of the molecule is C=CC(=O)OC(CC)c1ccc(-c2ccc3c(c2)Cc2cc(C(O)CC)ccc2-3)cc1. The Morgan fingerprint density at radius 3 is 2.19 bits per heavy atom. The number of aliphatic hydroxyl groups is 1. The van der Waals surface area contributed by atoms with E-state index in [1.807, 2.05) is 32.0 Å². The fraction of sp³-hybridized carbons (Fsp3) is 0.250. The van der Waals surface area contributed by atoms with Gasteiger partial charge in [0.2, 0.25) is 0 Å². The quantitative estimate of drug-likeness (QED) is 0.277. The van der Waals surface area contributed by atoms with Gasteiger partial charge >= 0.3 is 5.97 Å². The first kappa shape index (κ1) is 21.1. The van der Waals surface area contributed by atoms with Crippen LogP contribution in [0.2, 0.25) is 0 Å². The van der Waals surface area contributed by atoms with E-state index < -0.39 is 12.1 Å². The first-order valence-electron chi connectivity index (χ1n) is 10.9. The van der Waals surface area contributed by atoms with E-state index in [1.165, 1.54) is 33.9 Å². The van der Waals surface area contributed by atoms with Crippen molar-refractivity contribution in [3.63, 3.8) is 0 Å². The Morgan fingerprint density at radius 1 is 0.935 bits per heavy atom. The molecule has 3 nitrogen and oxygen atoms in total. The van der Waals surface area contributed by atoms with Crippen LogP contribution in [-0.4, -0.2) is 11.1 Å². The van der Waals surface area contributed by atoms with Gasteiger partial charge < -0.3 is 9.84 Å². The monoisotopic (exact) mass is 412 g/mol. The zero-order valence-corrected chi connectivity index (χ0v) is 18.1. The van der Waals surface area contributed by atoms with Crippen molar-refractivity contribution in [2.24, 2.45) is 0 Å². The fourth-order valence-electron chi connectivity index (χ4n) is 4.32. The maximum Gasteiger partial charge on any atom is 0.330 e. The molecule has 0 saturated carbocycles. The van der Waals surface area contributed by atoms with E-state index in [-0.39, 0.29) is 6.10 Å². The number of esters is 1. The number of benzene rings is 3. The molecular formula is C28H28O3. The smallest absolute Gasteiger partial charge is 0.330 e. The fourth-order valence-corrected chi connectivity index (χ4v) is 4.32. The van der Waals surface area contributed by atoms with E-state index in [1.54, 1.807) is 0 Å². The second kappa shape index (κ2) is 8.91. The highest BCUT2D eigenvalue weighted by Crippen LogP contribution is 2.40. The van der Waals surface area contributed by atoms with E-state index in [9.17, 15) is 9.90 Å². The summed E-state index contributed by atoms with van der Waals surface area (Å²) in [7, 11) is 0. The molecule has 2 unspecified atom stereocenters. The lowest BCUT2D eigenvalue weighted by Gasteiger charge is -2.16. The molecule has 0 spiro atoms. The number of rotatable bonds is 7. The van der Waals surface area contributed by atoms with Crippen LogP contribution >= 0.6 is 0 Å². The van der Waals surface area contributed by atoms with E-state index in [4.69, 9.17) is 4.74 Å². The lowest BCUT2D eigenvalue weighted by Crippen LogP contribution is -2.08. The average Bonchev–Trinajstić information content (AvgIpc) is 3.18. The number of carbonyl (C=O) groups excluding carboxylic acids is 1. The summed E-state index contributed by atoms with van der Waals surface area (Å²) in [4.78, 5) is 11.6. The van der Waals surface area contributed by atoms with Crippen LogP contribution in [0.1, 0.15) is 61.2 Å². The third-order valence-corrected chi connectivity index (χ3v) is 6.09. The third-order valence-electron chi connectivity index (χ3n) is 6.09. The molecule has 0 aromatic heterocycles. The Morgan fingerprint density at radius 2 is 1.55 bits per heavy atom. The minimum atomic E-state index is -0.402. The number of hydrogen-bond acceptors (Lipinski definition) is 3. The lowest BCUT2D eigenvalue weighted by molar-refractivity contribution is -0.143. The van der Waals surface area contributed by atoms with Crippen LogP contribution in [0.25, 0.3) is 22.3 Å². The van der Waals surface area contributed by atoms with Crippen LogP contribution in [0, 0.1) is 0 Å². The molecule has 2 atom stereocenters. The minimum absolute atomic E-state index is 0.262. The van der Waals surface area contributed by atoms with Crippen molar-refractivity contribution in [2.45, 2.75) is 45.3 Å². The molecular weight excluding hydrogens is 384 g/mol. The summed E-state index contributed by atoms with van der Waals surface area (Å²) in [6, 6.07) is 21.2. The minimum Gasteiger partial charge on any atom is -0.454 e. The van der Waals surface area contributed by atoms with Crippen molar-refractivity contribution in [2.75, 3.05) is 0 Å². The van der Waals surface area contributed by atoms with Crippen molar-refractivity contribution in [1.29, 1.82) is 0 Å². The molecule has 0 amide bonds. The third kappa shape index (κ3) is 4.19. The summed E-state index contributed by atoms with van der Waals surface area (Å²) < 4.78 is 5.44. The molecule has 1 aliphatic rings. The van der Waals surface area contributed by atoms with Gasteiger partial charge in [0.1, 0.15) is 6.10 Å². The largest absolute Gasteiger partial charge is 0.454 e. The van der Waals surface area contributed by atoms with Crippen molar-refractivity contribution < 1.29 is 14.6 Å². The average molecular weight is 413 g/mol. The number of aliphatic hydroxyl groups excluding tert-OH is 1. The molecule has 1 aliphatic carbocycles. The number of ether oxygens (including phenoxy) is 1. The highest BCUT2D eigenvalue weighted by Gasteiger charge is 2.20. The molecule has 0 bridgehead atoms. The molecule has 4 rings (SSSR count). The summed E-state index contributed by atoms with van der Waals surface area (Å²) in [5, 5.41) is 10.2. The highest BCUT2D eigenvalue weighted by atomic mass is 16.5. The second-order valence-corrected chi connectivity index (χ2v) is 8.05. The van der Waals surface area contributed by atoms with Crippen molar-refractivity contribution in [3.8, 4) is 22.3 Å². The summed E-state index contributed by atoms with van der Waals surface area (Å²) in [5.74, 6) is -0.399. The van der Waals surface area contributed by atoms with Crippen LogP contribution in [0.15, 0.2) is 73.3 Å². The molecule has 31 heavy (non-hydrogen) atoms. The summed E-state index contributed by atoms with van der Waals surface area (Å²) in [5.41, 5.74) is 9.41. The maximum absolute atomic E-state index is 11.6. The van der Waals surface area contributed by atoms with Crippen molar-refractivity contribution in [1.82, 2.24) is 0 Å². The standard InChI is InChI=1S/C28H28O3/c1-4-26(29)21-12-14-25-23(16-21)17-22-15-20(11-13-24(22)25)18-7-9-19(10-8-18)27(5-2)31-28(30)6-3/h6-16,26-27,29H,3-5,17H2,1-2H3. The van der Waals surface area contributed by atoms with E-state index in [0.29, 0.717) is 6.42 Å². The summed E-state index contributed by atoms with van der Waals surface area (Å²) in [6.07, 6.45) is 2.85. The first-order chi connectivity index (χ1) is 15.0. The molecule has 158 valence electrons. The summed E-state index contributed by atoms with van der Waals surface area (Å²) >= 11 is 0. The van der Waals surface area contributed by atoms with Gasteiger partial charge in [-0.05, 0) is 63.8 Å². The zero-order valence-electron chi connectivity index (χ0n) is 18.1. The summed E-state index contributed by atoms with van der Waals surface area (Å²) in [6.45, 7) is 7.46. The second-order valence-electron chi connectivity index (χ2n) is 8.05. The normalized spacial score (nSPS) is 13.8. The number of carbonyl (C=O) groups is 1. The number of hydrogen-bond donors (Lipinski definition) is 1. The molecule has 0 heterocycles. The van der Waals surface area contributed by atoms with Crippen LogP contribution in [0.3, 0.4) is 0 Å². The lowest BCUT2D eigenvalue weighted by atomic mass is 9.97. The van der Waals surface area contributed by atoms with Gasteiger partial charge in [0, 0.05) is 6.08 Å². The van der Waals surface area contributed by atoms with E-state index in [2.05, 4.69) is 49.0 Å². The predicted molar refractivity (Wildman–Crippen MR) is 125 cm³/mol. The van der Waals surface area contributed by atoms with Gasteiger partial charge in [-0.3, -0.25) is 0 Å². The Kier molecular flexibility index (Phi) is 6.06. The molecule has 3 heteroatoms. The first-order valence-corrected chi connectivity index (χ1v) is 10.9. The van der Waals surface area contributed by atoms with Gasteiger partial charge in [-0.15, -0.1) is 0 Å². The zero-order chi connectivity index (χ0) is 22.0. The number of fused-ring (bicyclic) bond motifs is 3. The Labute approximate surface area is 184 Å². The van der Waals surface area contributed by atoms with Crippen LogP contribution < -0.4 is 0 Å². The Balaban J connectivity index is 1.57. The molecule has 0 radical (unpaired) electrons. The molecule has 3 aromatic carbocycles. The van der Waals surface area contributed by atoms with E-state index in [0.717, 1.165) is 29.5 Å². The van der Waals surface area contributed by atoms with Gasteiger partial charge in [-0.25, -0.2) is 4.79 Å². The molecule has 1 N–H and O–H groups in total. The van der Waals surface area contributed by atoms with Crippen LogP contribution in [-0.2, 0) is 16.0 Å². The Bertz CT molecular complexity index is 1110. The molecule has 3 aromatic rings. The van der Waals surface area contributed by atoms with Gasteiger partial charge in [-0.2, -0.15) is 0 Å². The predicted octanol–water partition coefficient (Wildman–Crippen LogP) is 6.55. The van der Waals surface area contributed by atoms with Gasteiger partial charge in [0.15, 0.2) is 0 Å². The maximum atomic E-state index is 11.6. The molecule has 0 fully saturated rings. The highest BCUT2D eigenvalue weighted by molar-refractivity contribution is 5.82. The topological polar surface area (TPSA) is 46.5 Å². The van der Waals surface area contributed by atoms with Gasteiger partial charge in [-0.1, -0.05) is 81.1 Å². The Hall–Kier alpha value is -3.17. The van der Waals surface area contributed by atoms with E-state index >= 15 is 0 Å². The van der Waals surface area contributed by atoms with Crippen LogP contribution in [0.4, 0.5) is 0 Å². The van der Waals surface area contributed by atoms with Gasteiger partial charge in [0.25, 0.3) is 0 Å². The van der Waals surface area contributed by atoms with Crippen LogP contribution in [0.5, 0.6) is 0 Å².